The first kappa shape index (κ1) is 14.0. The third kappa shape index (κ3) is 4.02. The molecule has 0 aromatic carbocycles. The van der Waals surface area contributed by atoms with Gasteiger partial charge in [-0.05, 0) is 26.2 Å². The predicted octanol–water partition coefficient (Wildman–Crippen LogP) is 0.944. The van der Waals surface area contributed by atoms with Crippen molar-refractivity contribution < 1.29 is 9.53 Å². The predicted molar refractivity (Wildman–Crippen MR) is 70.7 cm³/mol. The van der Waals surface area contributed by atoms with Gasteiger partial charge in [0.05, 0.1) is 0 Å². The van der Waals surface area contributed by atoms with E-state index in [1.807, 2.05) is 4.57 Å². The molecule has 0 aliphatic carbocycles. The van der Waals surface area contributed by atoms with E-state index in [0.717, 1.165) is 25.5 Å². The molecule has 1 aromatic rings. The Morgan fingerprint density at radius 3 is 3.16 bits per heavy atom. The van der Waals surface area contributed by atoms with Gasteiger partial charge in [0.1, 0.15) is 12.2 Å². The van der Waals surface area contributed by atoms with E-state index in [2.05, 4.69) is 29.4 Å². The molecule has 0 bridgehead atoms. The Labute approximate surface area is 113 Å². The number of nitrogens with zero attached hydrogens (tertiary/aromatic N) is 3. The fourth-order valence-electron chi connectivity index (χ4n) is 2.27. The van der Waals surface area contributed by atoms with E-state index in [9.17, 15) is 4.79 Å². The van der Waals surface area contributed by atoms with Gasteiger partial charge in [-0.3, -0.25) is 4.79 Å². The molecule has 1 aromatic heterocycles. The first-order chi connectivity index (χ1) is 9.16. The average molecular weight is 266 g/mol. The van der Waals surface area contributed by atoms with Gasteiger partial charge in [0, 0.05) is 38.6 Å². The van der Waals surface area contributed by atoms with Crippen LogP contribution in [0.4, 0.5) is 0 Å². The minimum Gasteiger partial charge on any atom is -0.381 e. The van der Waals surface area contributed by atoms with Crippen LogP contribution in [0.15, 0.2) is 6.33 Å². The fourth-order valence-corrected chi connectivity index (χ4v) is 2.27. The fraction of sp³-hybridized carbons (Fsp3) is 0.769. The van der Waals surface area contributed by atoms with E-state index in [0.29, 0.717) is 31.3 Å². The third-order valence-electron chi connectivity index (χ3n) is 3.37. The highest BCUT2D eigenvalue weighted by Crippen LogP contribution is 2.15. The van der Waals surface area contributed by atoms with Gasteiger partial charge < -0.3 is 14.6 Å². The Hall–Kier alpha value is -1.43. The maximum absolute atomic E-state index is 11.7. The second-order valence-electron chi connectivity index (χ2n) is 5.28. The van der Waals surface area contributed by atoms with E-state index in [-0.39, 0.29) is 5.91 Å². The molecule has 0 spiro atoms. The van der Waals surface area contributed by atoms with Crippen molar-refractivity contribution in [2.45, 2.75) is 39.2 Å². The molecule has 106 valence electrons. The lowest BCUT2D eigenvalue weighted by molar-refractivity contribution is -0.122. The van der Waals surface area contributed by atoms with Crippen molar-refractivity contribution in [1.82, 2.24) is 20.1 Å². The summed E-state index contributed by atoms with van der Waals surface area (Å²) in [4.78, 5) is 11.7. The molecular formula is C13H22N4O2. The van der Waals surface area contributed by atoms with Crippen LogP contribution in [0.1, 0.15) is 38.6 Å². The van der Waals surface area contributed by atoms with Crippen molar-refractivity contribution in [2.75, 3.05) is 19.8 Å². The number of nitrogens with one attached hydrogen (secondary N) is 1. The Morgan fingerprint density at radius 2 is 2.47 bits per heavy atom. The highest BCUT2D eigenvalue weighted by molar-refractivity contribution is 5.76. The van der Waals surface area contributed by atoms with Gasteiger partial charge in [-0.2, -0.15) is 0 Å². The summed E-state index contributed by atoms with van der Waals surface area (Å²) >= 11 is 0. The summed E-state index contributed by atoms with van der Waals surface area (Å²) in [5.41, 5.74) is 0. The molecule has 6 heteroatoms. The minimum atomic E-state index is 0.103. The lowest BCUT2D eigenvalue weighted by Gasteiger charge is -2.11. The molecular weight excluding hydrogens is 244 g/mol. The molecule has 6 nitrogen and oxygen atoms in total. The molecule has 1 aliphatic heterocycles. The minimum absolute atomic E-state index is 0.103. The zero-order valence-corrected chi connectivity index (χ0v) is 11.6. The maximum atomic E-state index is 11.7. The van der Waals surface area contributed by atoms with Gasteiger partial charge in [0.15, 0.2) is 0 Å². The number of hydrogen-bond acceptors (Lipinski definition) is 4. The van der Waals surface area contributed by atoms with Crippen molar-refractivity contribution >= 4 is 5.91 Å². The summed E-state index contributed by atoms with van der Waals surface area (Å²) in [6.07, 6.45) is 4.01. The Morgan fingerprint density at radius 1 is 1.63 bits per heavy atom. The van der Waals surface area contributed by atoms with Gasteiger partial charge in [-0.15, -0.1) is 10.2 Å². The topological polar surface area (TPSA) is 69.0 Å². The molecule has 1 saturated heterocycles. The second-order valence-corrected chi connectivity index (χ2v) is 5.28. The van der Waals surface area contributed by atoms with Gasteiger partial charge in [0.2, 0.25) is 5.91 Å². The van der Waals surface area contributed by atoms with Crippen molar-refractivity contribution in [3.63, 3.8) is 0 Å². The molecule has 19 heavy (non-hydrogen) atoms. The van der Waals surface area contributed by atoms with E-state index in [1.165, 1.54) is 0 Å². The standard InChI is InChI=1S/C13H22N4O2/c1-10(2)17-9-15-16-12(17)3-5-14-13(18)7-11-4-6-19-8-11/h9-11H,3-8H2,1-2H3,(H,14,18)/t11-/m0/s1. The number of carbonyl (C=O) groups excluding carboxylic acids is 1. The van der Waals surface area contributed by atoms with E-state index in [4.69, 9.17) is 4.74 Å². The van der Waals surface area contributed by atoms with Crippen LogP contribution in [0, 0.1) is 5.92 Å². The molecule has 0 radical (unpaired) electrons. The summed E-state index contributed by atoms with van der Waals surface area (Å²) in [5.74, 6) is 1.41. The smallest absolute Gasteiger partial charge is 0.220 e. The van der Waals surface area contributed by atoms with E-state index < -0.39 is 0 Å². The number of carbonyl (C=O) groups is 1. The molecule has 1 amide bonds. The summed E-state index contributed by atoms with van der Waals surface area (Å²) in [7, 11) is 0. The van der Waals surface area contributed by atoms with Crippen LogP contribution in [-0.4, -0.2) is 40.4 Å². The monoisotopic (exact) mass is 266 g/mol. The molecule has 0 saturated carbocycles. The highest BCUT2D eigenvalue weighted by atomic mass is 16.5. The normalized spacial score (nSPS) is 19.0. The van der Waals surface area contributed by atoms with Crippen LogP contribution in [0.3, 0.4) is 0 Å². The largest absolute Gasteiger partial charge is 0.381 e. The molecule has 2 rings (SSSR count). The Bertz CT molecular complexity index is 411. The van der Waals surface area contributed by atoms with Crippen molar-refractivity contribution in [1.29, 1.82) is 0 Å². The van der Waals surface area contributed by atoms with E-state index >= 15 is 0 Å². The molecule has 2 heterocycles. The van der Waals surface area contributed by atoms with Gasteiger partial charge >= 0.3 is 0 Å². The number of amides is 1. The molecule has 1 N–H and O–H groups in total. The highest BCUT2D eigenvalue weighted by Gasteiger charge is 2.18. The summed E-state index contributed by atoms with van der Waals surface area (Å²) in [6, 6.07) is 0.344. The zero-order valence-electron chi connectivity index (χ0n) is 11.6. The van der Waals surface area contributed by atoms with Crippen molar-refractivity contribution in [3.8, 4) is 0 Å². The lowest BCUT2D eigenvalue weighted by Crippen LogP contribution is -2.28. The molecule has 1 atom stereocenters. The first-order valence-corrected chi connectivity index (χ1v) is 6.89. The number of rotatable bonds is 6. The molecule has 0 unspecified atom stereocenters. The Balaban J connectivity index is 1.70. The zero-order chi connectivity index (χ0) is 13.7. The summed E-state index contributed by atoms with van der Waals surface area (Å²) < 4.78 is 7.29. The average Bonchev–Trinajstić information content (AvgIpc) is 2.99. The molecule has 1 fully saturated rings. The SMILES string of the molecule is CC(C)n1cnnc1CCNC(=O)C[C@@H]1CCOC1. The number of aromatic nitrogens is 3. The van der Waals surface area contributed by atoms with Crippen LogP contribution in [0.25, 0.3) is 0 Å². The summed E-state index contributed by atoms with van der Waals surface area (Å²) in [6.45, 7) is 6.29. The van der Waals surface area contributed by atoms with Crippen LogP contribution in [0.2, 0.25) is 0 Å². The van der Waals surface area contributed by atoms with Crippen LogP contribution in [-0.2, 0) is 16.0 Å². The maximum Gasteiger partial charge on any atom is 0.220 e. The van der Waals surface area contributed by atoms with E-state index in [1.54, 1.807) is 6.33 Å². The second kappa shape index (κ2) is 6.65. The van der Waals surface area contributed by atoms with Crippen molar-refractivity contribution in [2.24, 2.45) is 5.92 Å². The van der Waals surface area contributed by atoms with Crippen LogP contribution < -0.4 is 5.32 Å². The first-order valence-electron chi connectivity index (χ1n) is 6.89. The van der Waals surface area contributed by atoms with Crippen LogP contribution >= 0.6 is 0 Å². The molecule has 1 aliphatic rings. The summed E-state index contributed by atoms with van der Waals surface area (Å²) in [5, 5.41) is 10.9. The van der Waals surface area contributed by atoms with Gasteiger partial charge in [0.25, 0.3) is 0 Å². The Kier molecular flexibility index (Phi) is 4.90. The number of hydrogen-bond donors (Lipinski definition) is 1. The van der Waals surface area contributed by atoms with Gasteiger partial charge in [-0.1, -0.05) is 0 Å². The van der Waals surface area contributed by atoms with Gasteiger partial charge in [-0.25, -0.2) is 0 Å². The van der Waals surface area contributed by atoms with Crippen LogP contribution in [0.5, 0.6) is 0 Å². The quantitative estimate of drug-likeness (QED) is 0.832. The lowest BCUT2D eigenvalue weighted by atomic mass is 10.1. The third-order valence-corrected chi connectivity index (χ3v) is 3.37. The van der Waals surface area contributed by atoms with Crippen molar-refractivity contribution in [3.05, 3.63) is 12.2 Å². The number of ether oxygens (including phenoxy) is 1.